The number of rotatable bonds is 4. The molecule has 0 radical (unpaired) electrons. The van der Waals surface area contributed by atoms with E-state index in [1.54, 1.807) is 34.3 Å². The van der Waals surface area contributed by atoms with Gasteiger partial charge in [0.05, 0.1) is 22.4 Å². The van der Waals surface area contributed by atoms with Gasteiger partial charge in [-0.05, 0) is 58.6 Å². The van der Waals surface area contributed by atoms with E-state index in [1.165, 1.54) is 0 Å². The molecular formula is C16H14BrN3OS. The second kappa shape index (κ2) is 6.46. The van der Waals surface area contributed by atoms with Gasteiger partial charge in [-0.3, -0.25) is 4.79 Å². The second-order valence-corrected chi connectivity index (χ2v) is 6.76. The van der Waals surface area contributed by atoms with E-state index in [1.807, 2.05) is 42.8 Å². The van der Waals surface area contributed by atoms with Gasteiger partial charge in [-0.25, -0.2) is 4.68 Å². The van der Waals surface area contributed by atoms with Crippen LogP contribution in [-0.4, -0.2) is 15.7 Å². The molecular weight excluding hydrogens is 362 g/mol. The molecule has 0 saturated heterocycles. The molecule has 0 spiro atoms. The molecule has 6 heteroatoms. The predicted molar refractivity (Wildman–Crippen MR) is 91.5 cm³/mol. The van der Waals surface area contributed by atoms with E-state index in [0.717, 1.165) is 15.0 Å². The first-order valence-electron chi connectivity index (χ1n) is 6.78. The monoisotopic (exact) mass is 375 g/mol. The van der Waals surface area contributed by atoms with Gasteiger partial charge >= 0.3 is 0 Å². The lowest BCUT2D eigenvalue weighted by Crippen LogP contribution is -2.26. The number of carbonyl (C=O) groups is 1. The molecule has 3 rings (SSSR count). The van der Waals surface area contributed by atoms with E-state index >= 15 is 0 Å². The highest BCUT2D eigenvalue weighted by Crippen LogP contribution is 2.19. The minimum absolute atomic E-state index is 0.00856. The zero-order chi connectivity index (χ0) is 15.5. The smallest absolute Gasteiger partial charge is 0.251 e. The Morgan fingerprint density at radius 3 is 2.68 bits per heavy atom. The second-order valence-electron chi connectivity index (χ2n) is 4.86. The molecule has 1 atom stereocenters. The van der Waals surface area contributed by atoms with Crippen molar-refractivity contribution in [3.63, 3.8) is 0 Å². The van der Waals surface area contributed by atoms with Gasteiger partial charge in [0.25, 0.3) is 5.91 Å². The van der Waals surface area contributed by atoms with Crippen LogP contribution in [0.25, 0.3) is 5.69 Å². The fourth-order valence-corrected chi connectivity index (χ4v) is 3.12. The van der Waals surface area contributed by atoms with Crippen molar-refractivity contribution < 1.29 is 4.79 Å². The number of aromatic nitrogens is 2. The van der Waals surface area contributed by atoms with Gasteiger partial charge in [0, 0.05) is 16.6 Å². The molecule has 0 bridgehead atoms. The predicted octanol–water partition coefficient (Wildman–Crippen LogP) is 4.19. The summed E-state index contributed by atoms with van der Waals surface area (Å²) >= 11 is 5.01. The largest absolute Gasteiger partial charge is 0.345 e. The fraction of sp³-hybridized carbons (Fsp3) is 0.125. The average molecular weight is 376 g/mol. The summed E-state index contributed by atoms with van der Waals surface area (Å²) in [6.07, 6.45) is 3.59. The number of halogens is 1. The highest BCUT2D eigenvalue weighted by molar-refractivity contribution is 9.10. The summed E-state index contributed by atoms with van der Waals surface area (Å²) in [5, 5.41) is 9.23. The number of thiophene rings is 1. The summed E-state index contributed by atoms with van der Waals surface area (Å²) in [6.45, 7) is 1.99. The van der Waals surface area contributed by atoms with Crippen LogP contribution in [0.4, 0.5) is 0 Å². The molecule has 0 aliphatic heterocycles. The number of hydrogen-bond acceptors (Lipinski definition) is 3. The SMILES string of the molecule is CC(NC(=O)c1ccc(-n2cc(Br)cn2)cc1)c1cccs1. The summed E-state index contributed by atoms with van der Waals surface area (Å²) in [4.78, 5) is 13.4. The standard InChI is InChI=1S/C16H14BrN3OS/c1-11(15-3-2-8-22-15)19-16(21)12-4-6-14(7-5-12)20-10-13(17)9-18-20/h2-11H,1H3,(H,19,21). The Labute approximate surface area is 140 Å². The molecule has 4 nitrogen and oxygen atoms in total. The molecule has 0 aliphatic rings. The quantitative estimate of drug-likeness (QED) is 0.742. The zero-order valence-corrected chi connectivity index (χ0v) is 14.3. The highest BCUT2D eigenvalue weighted by atomic mass is 79.9. The van der Waals surface area contributed by atoms with Crippen molar-refractivity contribution in [2.45, 2.75) is 13.0 Å². The third-order valence-corrected chi connectivity index (χ3v) is 4.73. The highest BCUT2D eigenvalue weighted by Gasteiger charge is 2.12. The van der Waals surface area contributed by atoms with Crippen LogP contribution >= 0.6 is 27.3 Å². The molecule has 0 saturated carbocycles. The summed E-state index contributed by atoms with van der Waals surface area (Å²) in [5.41, 5.74) is 1.55. The summed E-state index contributed by atoms with van der Waals surface area (Å²) in [7, 11) is 0. The third-order valence-electron chi connectivity index (χ3n) is 3.26. The molecule has 2 aromatic heterocycles. The van der Waals surface area contributed by atoms with Crippen molar-refractivity contribution in [2.75, 3.05) is 0 Å². The van der Waals surface area contributed by atoms with Gasteiger partial charge in [0.15, 0.2) is 0 Å². The van der Waals surface area contributed by atoms with Gasteiger partial charge in [0.1, 0.15) is 0 Å². The Bertz CT molecular complexity index is 765. The number of nitrogens with zero attached hydrogens (tertiary/aromatic N) is 2. The maximum Gasteiger partial charge on any atom is 0.251 e. The van der Waals surface area contributed by atoms with Crippen molar-refractivity contribution in [1.29, 1.82) is 0 Å². The molecule has 2 heterocycles. The molecule has 1 unspecified atom stereocenters. The van der Waals surface area contributed by atoms with Crippen LogP contribution in [0.1, 0.15) is 28.2 Å². The van der Waals surface area contributed by atoms with Crippen LogP contribution < -0.4 is 5.32 Å². The summed E-state index contributed by atoms with van der Waals surface area (Å²) < 4.78 is 2.67. The van der Waals surface area contributed by atoms with Gasteiger partial charge in [-0.1, -0.05) is 6.07 Å². The van der Waals surface area contributed by atoms with Crippen molar-refractivity contribution in [2.24, 2.45) is 0 Å². The van der Waals surface area contributed by atoms with Crippen molar-refractivity contribution in [3.05, 3.63) is 69.1 Å². The molecule has 22 heavy (non-hydrogen) atoms. The Kier molecular flexibility index (Phi) is 4.40. The van der Waals surface area contributed by atoms with Crippen LogP contribution in [0.3, 0.4) is 0 Å². The van der Waals surface area contributed by atoms with Gasteiger partial charge in [-0.2, -0.15) is 5.10 Å². The first-order valence-corrected chi connectivity index (χ1v) is 8.45. The Morgan fingerprint density at radius 2 is 2.09 bits per heavy atom. The topological polar surface area (TPSA) is 46.9 Å². The molecule has 1 amide bonds. The van der Waals surface area contributed by atoms with E-state index < -0.39 is 0 Å². The summed E-state index contributed by atoms with van der Waals surface area (Å²) in [6, 6.07) is 11.4. The molecule has 0 fully saturated rings. The Balaban J connectivity index is 1.71. The van der Waals surface area contributed by atoms with Crippen molar-refractivity contribution >= 4 is 33.2 Å². The molecule has 1 N–H and O–H groups in total. The lowest BCUT2D eigenvalue weighted by atomic mass is 10.1. The van der Waals surface area contributed by atoms with E-state index in [2.05, 4.69) is 26.3 Å². The minimum Gasteiger partial charge on any atom is -0.345 e. The lowest BCUT2D eigenvalue weighted by molar-refractivity contribution is 0.0940. The first-order chi connectivity index (χ1) is 10.6. The van der Waals surface area contributed by atoms with Crippen molar-refractivity contribution in [1.82, 2.24) is 15.1 Å². The number of nitrogens with one attached hydrogen (secondary N) is 1. The number of hydrogen-bond donors (Lipinski definition) is 1. The number of carbonyl (C=O) groups excluding carboxylic acids is 1. The zero-order valence-electron chi connectivity index (χ0n) is 11.9. The van der Waals surface area contributed by atoms with Gasteiger partial charge in [0.2, 0.25) is 0 Å². The number of amides is 1. The Hall–Kier alpha value is -1.92. The Morgan fingerprint density at radius 1 is 1.32 bits per heavy atom. The van der Waals surface area contributed by atoms with Crippen LogP contribution in [0, 0.1) is 0 Å². The minimum atomic E-state index is -0.0749. The van der Waals surface area contributed by atoms with Gasteiger partial charge in [-0.15, -0.1) is 11.3 Å². The van der Waals surface area contributed by atoms with Crippen LogP contribution in [0.2, 0.25) is 0 Å². The van der Waals surface area contributed by atoms with E-state index in [9.17, 15) is 4.79 Å². The van der Waals surface area contributed by atoms with Crippen LogP contribution in [0.5, 0.6) is 0 Å². The number of benzene rings is 1. The van der Waals surface area contributed by atoms with Crippen LogP contribution in [0.15, 0.2) is 58.6 Å². The van der Waals surface area contributed by atoms with E-state index in [-0.39, 0.29) is 11.9 Å². The first kappa shape index (κ1) is 15.0. The molecule has 112 valence electrons. The molecule has 1 aromatic carbocycles. The van der Waals surface area contributed by atoms with E-state index in [0.29, 0.717) is 5.56 Å². The fourth-order valence-electron chi connectivity index (χ4n) is 2.10. The van der Waals surface area contributed by atoms with Gasteiger partial charge < -0.3 is 5.32 Å². The average Bonchev–Trinajstić information content (AvgIpc) is 3.18. The summed E-state index contributed by atoms with van der Waals surface area (Å²) in [5.74, 6) is -0.0749. The van der Waals surface area contributed by atoms with Crippen molar-refractivity contribution in [3.8, 4) is 5.69 Å². The van der Waals surface area contributed by atoms with E-state index in [4.69, 9.17) is 0 Å². The van der Waals surface area contributed by atoms with Crippen LogP contribution in [-0.2, 0) is 0 Å². The third kappa shape index (κ3) is 3.28. The molecule has 3 aromatic rings. The normalized spacial score (nSPS) is 12.1. The maximum absolute atomic E-state index is 12.3. The lowest BCUT2D eigenvalue weighted by Gasteiger charge is -2.12. The molecule has 0 aliphatic carbocycles. The maximum atomic E-state index is 12.3.